The van der Waals surface area contributed by atoms with Gasteiger partial charge in [0.1, 0.15) is 0 Å². The highest BCUT2D eigenvalue weighted by Crippen LogP contribution is 2.42. The first-order valence-corrected chi connectivity index (χ1v) is 9.97. The van der Waals surface area contributed by atoms with Gasteiger partial charge in [0.25, 0.3) is 0 Å². The molecular formula is C16H12ClN3O2S2. The first-order valence-electron chi connectivity index (χ1n) is 7.06. The van der Waals surface area contributed by atoms with Crippen LogP contribution in [0.5, 0.6) is 0 Å². The summed E-state index contributed by atoms with van der Waals surface area (Å²) in [6.45, 7) is 0. The number of aromatic nitrogens is 2. The minimum atomic E-state index is -3.69. The highest BCUT2D eigenvalue weighted by atomic mass is 35.5. The predicted molar refractivity (Wildman–Crippen MR) is 94.9 cm³/mol. The van der Waals surface area contributed by atoms with Gasteiger partial charge in [0.05, 0.1) is 16.3 Å². The second kappa shape index (κ2) is 5.63. The molecule has 122 valence electrons. The van der Waals surface area contributed by atoms with E-state index in [2.05, 4.69) is 5.10 Å². The lowest BCUT2D eigenvalue weighted by atomic mass is 10.1. The van der Waals surface area contributed by atoms with Crippen molar-refractivity contribution in [2.24, 2.45) is 5.14 Å². The molecule has 0 radical (unpaired) electrons. The van der Waals surface area contributed by atoms with Crippen molar-refractivity contribution in [3.8, 4) is 16.9 Å². The molecule has 5 nitrogen and oxygen atoms in total. The summed E-state index contributed by atoms with van der Waals surface area (Å²) in [4.78, 5) is 1.20. The molecule has 8 heteroatoms. The molecule has 0 atom stereocenters. The van der Waals surface area contributed by atoms with Gasteiger partial charge in [0, 0.05) is 33.0 Å². The Morgan fingerprint density at radius 2 is 1.92 bits per heavy atom. The molecule has 0 fully saturated rings. The quantitative estimate of drug-likeness (QED) is 0.742. The lowest BCUT2D eigenvalue weighted by Crippen LogP contribution is -2.12. The minimum absolute atomic E-state index is 0.0821. The van der Waals surface area contributed by atoms with Crippen LogP contribution in [0.4, 0.5) is 0 Å². The van der Waals surface area contributed by atoms with Crippen molar-refractivity contribution >= 4 is 33.4 Å². The topological polar surface area (TPSA) is 78.0 Å². The van der Waals surface area contributed by atoms with Gasteiger partial charge in [-0.05, 0) is 36.4 Å². The Hall–Kier alpha value is -1.80. The molecule has 0 saturated carbocycles. The second-order valence-corrected chi connectivity index (χ2v) is 8.43. The monoisotopic (exact) mass is 377 g/mol. The normalized spacial score (nSPS) is 13.4. The van der Waals surface area contributed by atoms with Crippen LogP contribution in [0.2, 0.25) is 5.02 Å². The third-order valence-corrected chi connectivity index (χ3v) is 6.07. The first-order chi connectivity index (χ1) is 11.4. The fourth-order valence-electron chi connectivity index (χ4n) is 2.63. The minimum Gasteiger partial charge on any atom is -0.240 e. The average Bonchev–Trinajstić information content (AvgIpc) is 2.98. The van der Waals surface area contributed by atoms with Crippen LogP contribution in [-0.2, 0) is 15.8 Å². The molecule has 4 rings (SSSR count). The van der Waals surface area contributed by atoms with Crippen LogP contribution in [0.15, 0.2) is 58.5 Å². The maximum Gasteiger partial charge on any atom is 0.238 e. The summed E-state index contributed by atoms with van der Waals surface area (Å²) in [6.07, 6.45) is 1.96. The smallest absolute Gasteiger partial charge is 0.238 e. The number of sulfonamides is 1. The molecule has 24 heavy (non-hydrogen) atoms. The number of primary sulfonamides is 1. The fourth-order valence-corrected chi connectivity index (χ4v) is 4.43. The molecule has 2 N–H and O–H groups in total. The summed E-state index contributed by atoms with van der Waals surface area (Å²) >= 11 is 7.78. The second-order valence-electron chi connectivity index (χ2n) is 5.42. The summed E-state index contributed by atoms with van der Waals surface area (Å²) in [7, 11) is -3.69. The highest BCUT2D eigenvalue weighted by molar-refractivity contribution is 7.98. The van der Waals surface area contributed by atoms with Gasteiger partial charge in [-0.3, -0.25) is 0 Å². The molecule has 0 spiro atoms. The van der Waals surface area contributed by atoms with E-state index in [1.807, 2.05) is 24.4 Å². The number of thioether (sulfide) groups is 1. The summed E-state index contributed by atoms with van der Waals surface area (Å²) in [5.74, 6) is 0.817. The maximum absolute atomic E-state index is 11.3. The molecule has 0 amide bonds. The van der Waals surface area contributed by atoms with Crippen LogP contribution >= 0.6 is 23.4 Å². The molecular weight excluding hydrogens is 366 g/mol. The van der Waals surface area contributed by atoms with E-state index in [1.165, 1.54) is 12.1 Å². The third-order valence-electron chi connectivity index (χ3n) is 3.80. The van der Waals surface area contributed by atoms with Crippen LogP contribution < -0.4 is 5.14 Å². The van der Waals surface area contributed by atoms with Crippen molar-refractivity contribution in [1.29, 1.82) is 0 Å². The average molecular weight is 378 g/mol. The van der Waals surface area contributed by atoms with Gasteiger partial charge in [-0.2, -0.15) is 5.10 Å². The van der Waals surface area contributed by atoms with Gasteiger partial charge in [-0.15, -0.1) is 11.8 Å². The van der Waals surface area contributed by atoms with Crippen molar-refractivity contribution in [2.75, 3.05) is 0 Å². The van der Waals surface area contributed by atoms with E-state index in [0.717, 1.165) is 33.2 Å². The van der Waals surface area contributed by atoms with E-state index in [0.29, 0.717) is 5.02 Å². The molecule has 0 saturated heterocycles. The zero-order chi connectivity index (χ0) is 16.9. The molecule has 2 aromatic carbocycles. The fraction of sp³-hybridized carbons (Fsp3) is 0.0625. The Labute approximate surface area is 148 Å². The SMILES string of the molecule is NS(=O)(=O)c1ccc(-n2cc3c(n2)-c2ccc(Cl)cc2SC3)cc1. The molecule has 3 aromatic rings. The van der Waals surface area contributed by atoms with Crippen molar-refractivity contribution < 1.29 is 8.42 Å². The van der Waals surface area contributed by atoms with Crippen LogP contribution in [0.25, 0.3) is 16.9 Å². The Balaban J connectivity index is 1.76. The standard InChI is InChI=1S/C16H12ClN3O2S2/c17-11-1-6-14-15(7-11)23-9-10-8-20(19-16(10)14)12-2-4-13(5-3-12)24(18,21)22/h1-8H,9H2,(H2,18,21,22). The van der Waals surface area contributed by atoms with Gasteiger partial charge in [0.2, 0.25) is 10.0 Å². The number of hydrogen-bond donors (Lipinski definition) is 1. The number of benzene rings is 2. The van der Waals surface area contributed by atoms with E-state index in [1.54, 1.807) is 28.6 Å². The number of hydrogen-bond acceptors (Lipinski definition) is 4. The molecule has 2 heterocycles. The number of nitrogens with two attached hydrogens (primary N) is 1. The Morgan fingerprint density at radius 3 is 2.62 bits per heavy atom. The zero-order valence-corrected chi connectivity index (χ0v) is 14.7. The van der Waals surface area contributed by atoms with Crippen LogP contribution in [0.1, 0.15) is 5.56 Å². The van der Waals surface area contributed by atoms with Gasteiger partial charge in [-0.25, -0.2) is 18.2 Å². The van der Waals surface area contributed by atoms with Crippen LogP contribution in [0, 0.1) is 0 Å². The third kappa shape index (κ3) is 2.73. The highest BCUT2D eigenvalue weighted by Gasteiger charge is 2.21. The summed E-state index contributed by atoms with van der Waals surface area (Å²) < 4.78 is 24.4. The Bertz CT molecular complexity index is 1040. The molecule has 0 aliphatic carbocycles. The lowest BCUT2D eigenvalue weighted by Gasteiger charge is -2.14. The van der Waals surface area contributed by atoms with Crippen molar-refractivity contribution in [3.05, 3.63) is 59.2 Å². The van der Waals surface area contributed by atoms with Gasteiger partial charge in [-0.1, -0.05) is 17.7 Å². The van der Waals surface area contributed by atoms with Crippen molar-refractivity contribution in [1.82, 2.24) is 9.78 Å². The van der Waals surface area contributed by atoms with E-state index < -0.39 is 10.0 Å². The zero-order valence-electron chi connectivity index (χ0n) is 12.3. The van der Waals surface area contributed by atoms with Gasteiger partial charge >= 0.3 is 0 Å². The summed E-state index contributed by atoms with van der Waals surface area (Å²) in [5, 5.41) is 10.5. The lowest BCUT2D eigenvalue weighted by molar-refractivity contribution is 0.598. The molecule has 0 unspecified atom stereocenters. The molecule has 1 aliphatic rings. The van der Waals surface area contributed by atoms with Crippen molar-refractivity contribution in [3.63, 3.8) is 0 Å². The number of halogens is 1. The van der Waals surface area contributed by atoms with E-state index in [4.69, 9.17) is 16.7 Å². The van der Waals surface area contributed by atoms with E-state index >= 15 is 0 Å². The van der Waals surface area contributed by atoms with Gasteiger partial charge in [0.15, 0.2) is 0 Å². The van der Waals surface area contributed by atoms with Crippen LogP contribution in [0.3, 0.4) is 0 Å². The number of fused-ring (bicyclic) bond motifs is 3. The van der Waals surface area contributed by atoms with E-state index in [-0.39, 0.29) is 4.90 Å². The number of nitrogens with zero attached hydrogens (tertiary/aromatic N) is 2. The first kappa shape index (κ1) is 15.7. The molecule has 0 bridgehead atoms. The largest absolute Gasteiger partial charge is 0.240 e. The molecule has 1 aromatic heterocycles. The van der Waals surface area contributed by atoms with E-state index in [9.17, 15) is 8.42 Å². The van der Waals surface area contributed by atoms with Crippen LogP contribution in [-0.4, -0.2) is 18.2 Å². The molecule has 1 aliphatic heterocycles. The number of rotatable bonds is 2. The van der Waals surface area contributed by atoms with Crippen molar-refractivity contribution in [2.45, 2.75) is 15.5 Å². The predicted octanol–water partition coefficient (Wildman–Crippen LogP) is 3.45. The Kier molecular flexibility index (Phi) is 3.69. The summed E-state index contributed by atoms with van der Waals surface area (Å²) in [5.41, 5.74) is 3.89. The Morgan fingerprint density at radius 1 is 1.17 bits per heavy atom. The maximum atomic E-state index is 11.3. The summed E-state index contributed by atoms with van der Waals surface area (Å²) in [6, 6.07) is 12.1. The van der Waals surface area contributed by atoms with Gasteiger partial charge < -0.3 is 0 Å².